The van der Waals surface area contributed by atoms with Gasteiger partial charge in [0.15, 0.2) is 0 Å². The molecule has 0 saturated heterocycles. The highest BCUT2D eigenvalue weighted by atomic mass is 32.1. The molecule has 3 nitrogen and oxygen atoms in total. The fraction of sp³-hybridized carbons (Fsp3) is 0.300. The van der Waals surface area contributed by atoms with E-state index in [2.05, 4.69) is 12.2 Å². The monoisotopic (exact) mass is 211 g/mol. The molecule has 0 aliphatic heterocycles. The third-order valence-corrected chi connectivity index (χ3v) is 2.34. The Morgan fingerprint density at radius 1 is 1.36 bits per heavy atom. The first-order valence-corrected chi connectivity index (χ1v) is 4.71. The average Bonchev–Trinajstić information content (AvgIpc) is 2.20. The molecule has 0 heterocycles. The van der Waals surface area contributed by atoms with Crippen LogP contribution in [0.3, 0.4) is 0 Å². The summed E-state index contributed by atoms with van der Waals surface area (Å²) >= 11 is 4.68. The molecule has 2 atom stereocenters. The van der Waals surface area contributed by atoms with Crippen molar-refractivity contribution in [3.8, 4) is 0 Å². The third kappa shape index (κ3) is 2.51. The number of aliphatic hydroxyl groups is 2. The van der Waals surface area contributed by atoms with Gasteiger partial charge in [-0.25, -0.2) is 0 Å². The SMILES string of the molecule is NC(=S)C(O)[C@@H](CO)c1ccccc1. The third-order valence-electron chi connectivity index (χ3n) is 2.10. The molecule has 0 aliphatic rings. The first-order chi connectivity index (χ1) is 6.66. The van der Waals surface area contributed by atoms with Crippen molar-refractivity contribution in [3.63, 3.8) is 0 Å². The molecule has 1 aromatic carbocycles. The van der Waals surface area contributed by atoms with Gasteiger partial charge in [0.1, 0.15) is 11.1 Å². The van der Waals surface area contributed by atoms with Crippen molar-refractivity contribution in [1.82, 2.24) is 0 Å². The van der Waals surface area contributed by atoms with Gasteiger partial charge in [0, 0.05) is 5.92 Å². The molecule has 0 spiro atoms. The number of rotatable bonds is 4. The van der Waals surface area contributed by atoms with E-state index in [4.69, 9.17) is 10.8 Å². The van der Waals surface area contributed by atoms with Gasteiger partial charge in [-0.3, -0.25) is 0 Å². The largest absolute Gasteiger partial charge is 0.396 e. The second-order valence-electron chi connectivity index (χ2n) is 3.05. The fourth-order valence-electron chi connectivity index (χ4n) is 1.29. The minimum absolute atomic E-state index is 0.00732. The Kier molecular flexibility index (Phi) is 4.00. The second kappa shape index (κ2) is 5.05. The zero-order valence-electron chi connectivity index (χ0n) is 7.63. The number of hydrogen-bond donors (Lipinski definition) is 3. The van der Waals surface area contributed by atoms with E-state index in [1.807, 2.05) is 30.3 Å². The highest BCUT2D eigenvalue weighted by Gasteiger charge is 2.22. The van der Waals surface area contributed by atoms with E-state index in [0.717, 1.165) is 5.56 Å². The second-order valence-corrected chi connectivity index (χ2v) is 3.52. The molecule has 14 heavy (non-hydrogen) atoms. The van der Waals surface area contributed by atoms with Crippen LogP contribution in [0.5, 0.6) is 0 Å². The van der Waals surface area contributed by atoms with Crippen molar-refractivity contribution in [2.24, 2.45) is 5.73 Å². The summed E-state index contributed by atoms with van der Waals surface area (Å²) in [5, 5.41) is 18.7. The van der Waals surface area contributed by atoms with E-state index in [0.29, 0.717) is 0 Å². The van der Waals surface area contributed by atoms with Crippen molar-refractivity contribution in [2.45, 2.75) is 12.0 Å². The maximum absolute atomic E-state index is 9.61. The predicted molar refractivity (Wildman–Crippen MR) is 59.1 cm³/mol. The molecule has 0 aromatic heterocycles. The first kappa shape index (κ1) is 11.1. The normalized spacial score (nSPS) is 14.7. The van der Waals surface area contributed by atoms with Crippen LogP contribution in [0.4, 0.5) is 0 Å². The van der Waals surface area contributed by atoms with Crippen molar-refractivity contribution in [3.05, 3.63) is 35.9 Å². The Hall–Kier alpha value is -0.970. The van der Waals surface area contributed by atoms with Gasteiger partial charge in [0.2, 0.25) is 0 Å². The Bertz CT molecular complexity index is 302. The van der Waals surface area contributed by atoms with Gasteiger partial charge in [-0.2, -0.15) is 0 Å². The Labute approximate surface area is 88.2 Å². The van der Waals surface area contributed by atoms with Crippen LogP contribution in [-0.2, 0) is 0 Å². The van der Waals surface area contributed by atoms with Gasteiger partial charge in [0.25, 0.3) is 0 Å². The summed E-state index contributed by atoms with van der Waals surface area (Å²) in [6.07, 6.45) is -0.975. The summed E-state index contributed by atoms with van der Waals surface area (Å²) in [5.41, 5.74) is 6.15. The van der Waals surface area contributed by atoms with Crippen LogP contribution in [0.25, 0.3) is 0 Å². The maximum atomic E-state index is 9.61. The number of thiocarbonyl (C=S) groups is 1. The van der Waals surface area contributed by atoms with Gasteiger partial charge in [-0.15, -0.1) is 0 Å². The number of nitrogens with two attached hydrogens (primary N) is 1. The number of benzene rings is 1. The smallest absolute Gasteiger partial charge is 0.113 e. The lowest BCUT2D eigenvalue weighted by atomic mass is 9.94. The van der Waals surface area contributed by atoms with Gasteiger partial charge < -0.3 is 15.9 Å². The van der Waals surface area contributed by atoms with Crippen LogP contribution >= 0.6 is 12.2 Å². The molecule has 0 bridgehead atoms. The lowest BCUT2D eigenvalue weighted by Gasteiger charge is -2.19. The Balaban J connectivity index is 2.87. The molecule has 1 rings (SSSR count). The van der Waals surface area contributed by atoms with Crippen molar-refractivity contribution in [1.29, 1.82) is 0 Å². The lowest BCUT2D eigenvalue weighted by Crippen LogP contribution is -2.34. The van der Waals surface area contributed by atoms with Crippen molar-refractivity contribution in [2.75, 3.05) is 6.61 Å². The molecule has 0 radical (unpaired) electrons. The molecule has 0 amide bonds. The van der Waals surface area contributed by atoms with E-state index in [1.54, 1.807) is 0 Å². The Morgan fingerprint density at radius 2 is 1.93 bits per heavy atom. The molecular formula is C10H13NO2S. The summed E-state index contributed by atoms with van der Waals surface area (Å²) in [4.78, 5) is 0.00732. The minimum Gasteiger partial charge on any atom is -0.396 e. The van der Waals surface area contributed by atoms with Crippen LogP contribution in [0.15, 0.2) is 30.3 Å². The van der Waals surface area contributed by atoms with Crippen LogP contribution in [-0.4, -0.2) is 27.9 Å². The van der Waals surface area contributed by atoms with E-state index in [9.17, 15) is 5.11 Å². The molecule has 0 fully saturated rings. The standard InChI is InChI=1S/C10H13NO2S/c11-10(14)9(13)8(6-12)7-4-2-1-3-5-7/h1-5,8-9,12-13H,6H2,(H2,11,14)/t8-,9?/m0/s1. The van der Waals surface area contributed by atoms with E-state index < -0.39 is 12.0 Å². The topological polar surface area (TPSA) is 66.5 Å². The van der Waals surface area contributed by atoms with Crippen LogP contribution in [0.1, 0.15) is 11.5 Å². The molecule has 76 valence electrons. The first-order valence-electron chi connectivity index (χ1n) is 4.30. The van der Waals surface area contributed by atoms with Crippen LogP contribution in [0, 0.1) is 0 Å². The minimum atomic E-state index is -0.975. The lowest BCUT2D eigenvalue weighted by molar-refractivity contribution is 0.156. The summed E-state index contributed by atoms with van der Waals surface area (Å²) in [7, 11) is 0. The highest BCUT2D eigenvalue weighted by molar-refractivity contribution is 7.80. The van der Waals surface area contributed by atoms with E-state index >= 15 is 0 Å². The Morgan fingerprint density at radius 3 is 2.36 bits per heavy atom. The summed E-state index contributed by atoms with van der Waals surface area (Å²) in [6, 6.07) is 9.18. The van der Waals surface area contributed by atoms with Gasteiger partial charge >= 0.3 is 0 Å². The molecule has 1 unspecified atom stereocenters. The van der Waals surface area contributed by atoms with Crippen LogP contribution < -0.4 is 5.73 Å². The maximum Gasteiger partial charge on any atom is 0.113 e. The summed E-state index contributed by atoms with van der Waals surface area (Å²) < 4.78 is 0. The van der Waals surface area contributed by atoms with Gasteiger partial charge in [-0.1, -0.05) is 42.5 Å². The van der Waals surface area contributed by atoms with Gasteiger partial charge in [-0.05, 0) is 5.56 Å². The number of hydrogen-bond acceptors (Lipinski definition) is 3. The molecule has 4 heteroatoms. The molecule has 0 aliphatic carbocycles. The molecule has 4 N–H and O–H groups in total. The molecular weight excluding hydrogens is 198 g/mol. The van der Waals surface area contributed by atoms with Gasteiger partial charge in [0.05, 0.1) is 6.61 Å². The summed E-state index contributed by atoms with van der Waals surface area (Å²) in [6.45, 7) is -0.178. The zero-order chi connectivity index (χ0) is 10.6. The number of aliphatic hydroxyl groups excluding tert-OH is 2. The summed E-state index contributed by atoms with van der Waals surface area (Å²) in [5.74, 6) is -0.436. The molecule has 0 saturated carbocycles. The fourth-order valence-corrected chi connectivity index (χ4v) is 1.45. The van der Waals surface area contributed by atoms with Crippen LogP contribution in [0.2, 0.25) is 0 Å². The zero-order valence-corrected chi connectivity index (χ0v) is 8.45. The van der Waals surface area contributed by atoms with E-state index in [1.165, 1.54) is 0 Å². The predicted octanol–water partition coefficient (Wildman–Crippen LogP) is 0.410. The van der Waals surface area contributed by atoms with Crippen molar-refractivity contribution >= 4 is 17.2 Å². The average molecular weight is 211 g/mol. The van der Waals surface area contributed by atoms with Crippen molar-refractivity contribution < 1.29 is 10.2 Å². The quantitative estimate of drug-likeness (QED) is 0.631. The molecule has 1 aromatic rings. The highest BCUT2D eigenvalue weighted by Crippen LogP contribution is 2.19. The van der Waals surface area contributed by atoms with E-state index in [-0.39, 0.29) is 11.6 Å².